The molecule has 0 fully saturated rings. The zero-order chi connectivity index (χ0) is 16.1. The standard InChI is InChI=1S/C16H16Cl2N2O2/c1-2-22-12-5-3-10(4-6-12)7-15(21)20-11-8-13(17)16(19)14(18)9-11/h3-6,8-9H,2,7,19H2,1H3,(H,20,21). The van der Waals surface area contributed by atoms with Crippen molar-refractivity contribution in [1.29, 1.82) is 0 Å². The molecule has 6 heteroatoms. The summed E-state index contributed by atoms with van der Waals surface area (Å²) in [5, 5.41) is 3.36. The Kier molecular flexibility index (Phi) is 5.52. The summed E-state index contributed by atoms with van der Waals surface area (Å²) in [6.07, 6.45) is 0.242. The van der Waals surface area contributed by atoms with Gasteiger partial charge in [0.1, 0.15) is 5.75 Å². The highest BCUT2D eigenvalue weighted by Gasteiger charge is 2.08. The minimum Gasteiger partial charge on any atom is -0.494 e. The van der Waals surface area contributed by atoms with Crippen LogP contribution >= 0.6 is 23.2 Å². The van der Waals surface area contributed by atoms with Crippen molar-refractivity contribution in [2.24, 2.45) is 0 Å². The molecule has 0 aliphatic carbocycles. The predicted octanol–water partition coefficient (Wildman–Crippen LogP) is 4.16. The molecule has 0 aromatic heterocycles. The number of rotatable bonds is 5. The maximum absolute atomic E-state index is 12.0. The summed E-state index contributed by atoms with van der Waals surface area (Å²) in [5.74, 6) is 0.616. The smallest absolute Gasteiger partial charge is 0.228 e. The van der Waals surface area contributed by atoms with Gasteiger partial charge >= 0.3 is 0 Å². The molecule has 0 unspecified atom stereocenters. The highest BCUT2D eigenvalue weighted by atomic mass is 35.5. The molecule has 0 spiro atoms. The minimum absolute atomic E-state index is 0.166. The van der Waals surface area contributed by atoms with Crippen molar-refractivity contribution in [1.82, 2.24) is 0 Å². The van der Waals surface area contributed by atoms with E-state index in [1.54, 1.807) is 12.1 Å². The number of nitrogens with one attached hydrogen (secondary N) is 1. The summed E-state index contributed by atoms with van der Waals surface area (Å²) in [6, 6.07) is 10.5. The molecule has 3 N–H and O–H groups in total. The molecule has 2 aromatic rings. The third kappa shape index (κ3) is 4.29. The van der Waals surface area contributed by atoms with Gasteiger partial charge < -0.3 is 15.8 Å². The lowest BCUT2D eigenvalue weighted by atomic mass is 10.1. The van der Waals surface area contributed by atoms with E-state index in [0.29, 0.717) is 28.0 Å². The number of nitrogens with two attached hydrogens (primary N) is 1. The van der Waals surface area contributed by atoms with Crippen LogP contribution in [0.4, 0.5) is 11.4 Å². The molecule has 1 amide bonds. The number of carbonyl (C=O) groups is 1. The Hall–Kier alpha value is -1.91. The number of nitrogen functional groups attached to an aromatic ring is 1. The molecule has 2 rings (SSSR count). The molecule has 4 nitrogen and oxygen atoms in total. The van der Waals surface area contributed by atoms with Crippen molar-refractivity contribution in [3.05, 3.63) is 52.0 Å². The van der Waals surface area contributed by atoms with Crippen LogP contribution in [0, 0.1) is 0 Å². The summed E-state index contributed by atoms with van der Waals surface area (Å²) < 4.78 is 5.36. The molecule has 0 atom stereocenters. The summed E-state index contributed by atoms with van der Waals surface area (Å²) in [7, 11) is 0. The van der Waals surface area contributed by atoms with Crippen LogP contribution in [-0.4, -0.2) is 12.5 Å². The van der Waals surface area contributed by atoms with E-state index in [1.807, 2.05) is 31.2 Å². The number of halogens is 2. The first kappa shape index (κ1) is 16.5. The highest BCUT2D eigenvalue weighted by molar-refractivity contribution is 6.39. The second kappa shape index (κ2) is 7.38. The fourth-order valence-corrected chi connectivity index (χ4v) is 2.40. The van der Waals surface area contributed by atoms with Gasteiger partial charge in [0, 0.05) is 5.69 Å². The third-order valence-corrected chi connectivity index (χ3v) is 3.59. The van der Waals surface area contributed by atoms with Crippen LogP contribution < -0.4 is 15.8 Å². The van der Waals surface area contributed by atoms with Crippen molar-refractivity contribution < 1.29 is 9.53 Å². The summed E-state index contributed by atoms with van der Waals surface area (Å²) in [6.45, 7) is 2.53. The molecular weight excluding hydrogens is 323 g/mol. The Morgan fingerprint density at radius 1 is 1.18 bits per heavy atom. The summed E-state index contributed by atoms with van der Waals surface area (Å²) in [4.78, 5) is 12.0. The molecule has 22 heavy (non-hydrogen) atoms. The first-order chi connectivity index (χ1) is 10.5. The number of hydrogen-bond donors (Lipinski definition) is 2. The molecule has 0 bridgehead atoms. The van der Waals surface area contributed by atoms with E-state index < -0.39 is 0 Å². The van der Waals surface area contributed by atoms with Crippen LogP contribution in [0.3, 0.4) is 0 Å². The van der Waals surface area contributed by atoms with Crippen molar-refractivity contribution in [2.45, 2.75) is 13.3 Å². The van der Waals surface area contributed by atoms with Crippen molar-refractivity contribution in [3.8, 4) is 5.75 Å². The SMILES string of the molecule is CCOc1ccc(CC(=O)Nc2cc(Cl)c(N)c(Cl)c2)cc1. The average molecular weight is 339 g/mol. The van der Waals surface area contributed by atoms with Crippen LogP contribution in [0.2, 0.25) is 10.0 Å². The Balaban J connectivity index is 2.01. The summed E-state index contributed by atoms with van der Waals surface area (Å²) in [5.41, 5.74) is 7.35. The Bertz CT molecular complexity index is 649. The number of anilines is 2. The van der Waals surface area contributed by atoms with Crippen LogP contribution in [0.15, 0.2) is 36.4 Å². The first-order valence-electron chi connectivity index (χ1n) is 6.75. The second-order valence-corrected chi connectivity index (χ2v) is 5.47. The highest BCUT2D eigenvalue weighted by Crippen LogP contribution is 2.31. The molecule has 116 valence electrons. The first-order valence-corrected chi connectivity index (χ1v) is 7.51. The predicted molar refractivity (Wildman–Crippen MR) is 90.8 cm³/mol. The van der Waals surface area contributed by atoms with Crippen LogP contribution in [0.1, 0.15) is 12.5 Å². The van der Waals surface area contributed by atoms with E-state index in [-0.39, 0.29) is 12.3 Å². The molecule has 0 heterocycles. The van der Waals surface area contributed by atoms with E-state index >= 15 is 0 Å². The Labute approximate surface area is 139 Å². The monoisotopic (exact) mass is 338 g/mol. The molecule has 0 radical (unpaired) electrons. The lowest BCUT2D eigenvalue weighted by molar-refractivity contribution is -0.115. The number of amides is 1. The lowest BCUT2D eigenvalue weighted by Gasteiger charge is -2.09. The largest absolute Gasteiger partial charge is 0.494 e. The molecule has 0 aliphatic rings. The van der Waals surface area contributed by atoms with Gasteiger partial charge in [-0.1, -0.05) is 35.3 Å². The van der Waals surface area contributed by atoms with Crippen LogP contribution in [0.5, 0.6) is 5.75 Å². The van der Waals surface area contributed by atoms with Gasteiger partial charge in [-0.15, -0.1) is 0 Å². The molecule has 0 aliphatic heterocycles. The van der Waals surface area contributed by atoms with Crippen LogP contribution in [-0.2, 0) is 11.2 Å². The molecule has 0 saturated carbocycles. The van der Waals surface area contributed by atoms with E-state index in [2.05, 4.69) is 5.32 Å². The van der Waals surface area contributed by atoms with Gasteiger partial charge in [0.15, 0.2) is 0 Å². The van der Waals surface area contributed by atoms with Gasteiger partial charge in [0.25, 0.3) is 0 Å². The zero-order valence-electron chi connectivity index (χ0n) is 12.0. The third-order valence-electron chi connectivity index (χ3n) is 2.96. The Morgan fingerprint density at radius 2 is 1.77 bits per heavy atom. The van der Waals surface area contributed by atoms with Gasteiger partial charge in [-0.05, 0) is 36.8 Å². The van der Waals surface area contributed by atoms with Crippen molar-refractivity contribution in [3.63, 3.8) is 0 Å². The second-order valence-electron chi connectivity index (χ2n) is 4.66. The van der Waals surface area contributed by atoms with Gasteiger partial charge in [-0.2, -0.15) is 0 Å². The Morgan fingerprint density at radius 3 is 2.32 bits per heavy atom. The fourth-order valence-electron chi connectivity index (χ4n) is 1.92. The number of benzene rings is 2. The topological polar surface area (TPSA) is 64.3 Å². The molecule has 0 saturated heterocycles. The summed E-state index contributed by atoms with van der Waals surface area (Å²) >= 11 is 11.9. The number of ether oxygens (including phenoxy) is 1. The molecular formula is C16H16Cl2N2O2. The van der Waals surface area contributed by atoms with Crippen molar-refractivity contribution >= 4 is 40.5 Å². The quantitative estimate of drug-likeness (QED) is 0.804. The normalized spacial score (nSPS) is 10.3. The minimum atomic E-state index is -0.166. The zero-order valence-corrected chi connectivity index (χ0v) is 13.5. The number of hydrogen-bond acceptors (Lipinski definition) is 3. The van der Waals surface area contributed by atoms with Crippen molar-refractivity contribution in [2.75, 3.05) is 17.7 Å². The lowest BCUT2D eigenvalue weighted by Crippen LogP contribution is -2.14. The van der Waals surface area contributed by atoms with E-state index in [1.165, 1.54) is 0 Å². The maximum atomic E-state index is 12.0. The van der Waals surface area contributed by atoms with Crippen LogP contribution in [0.25, 0.3) is 0 Å². The van der Waals surface area contributed by atoms with Gasteiger partial charge in [-0.3, -0.25) is 4.79 Å². The van der Waals surface area contributed by atoms with Gasteiger partial charge in [-0.25, -0.2) is 0 Å². The van der Waals surface area contributed by atoms with E-state index in [4.69, 9.17) is 33.7 Å². The average Bonchev–Trinajstić information content (AvgIpc) is 2.47. The maximum Gasteiger partial charge on any atom is 0.228 e. The van der Waals surface area contributed by atoms with E-state index in [0.717, 1.165) is 11.3 Å². The van der Waals surface area contributed by atoms with E-state index in [9.17, 15) is 4.79 Å². The van der Waals surface area contributed by atoms with Gasteiger partial charge in [0.2, 0.25) is 5.91 Å². The molecule has 2 aromatic carbocycles. The number of carbonyl (C=O) groups excluding carboxylic acids is 1. The van der Waals surface area contributed by atoms with Gasteiger partial charge in [0.05, 0.1) is 28.8 Å². The fraction of sp³-hybridized carbons (Fsp3) is 0.188.